The fourth-order valence-corrected chi connectivity index (χ4v) is 3.22. The first kappa shape index (κ1) is 24.4. The quantitative estimate of drug-likeness (QED) is 0.602. The number of ether oxygens (including phenoxy) is 1. The number of nitrogens with one attached hydrogen (secondary N) is 1. The van der Waals surface area contributed by atoms with E-state index in [1.807, 2.05) is 69.3 Å². The average molecular weight is 425 g/mol. The maximum atomic E-state index is 13.1. The van der Waals surface area contributed by atoms with Crippen molar-refractivity contribution in [3.63, 3.8) is 0 Å². The lowest BCUT2D eigenvalue weighted by atomic mass is 10.0. The van der Waals surface area contributed by atoms with Crippen molar-refractivity contribution in [3.05, 3.63) is 65.2 Å². The summed E-state index contributed by atoms with van der Waals surface area (Å²) in [7, 11) is 0. The summed E-state index contributed by atoms with van der Waals surface area (Å²) in [6, 6.07) is 15.2. The zero-order chi connectivity index (χ0) is 23.0. The molecule has 2 amide bonds. The van der Waals surface area contributed by atoms with Crippen LogP contribution in [0.3, 0.4) is 0 Å². The third kappa shape index (κ3) is 7.74. The summed E-state index contributed by atoms with van der Waals surface area (Å²) in [6.07, 6.45) is 0. The van der Waals surface area contributed by atoms with Crippen LogP contribution in [0.1, 0.15) is 57.2 Å². The van der Waals surface area contributed by atoms with Gasteiger partial charge in [-0.05, 0) is 48.9 Å². The summed E-state index contributed by atoms with van der Waals surface area (Å²) < 4.78 is 5.75. The van der Waals surface area contributed by atoms with Gasteiger partial charge in [-0.2, -0.15) is 0 Å². The van der Waals surface area contributed by atoms with Crippen LogP contribution in [-0.2, 0) is 16.1 Å². The van der Waals surface area contributed by atoms with E-state index in [1.54, 1.807) is 11.8 Å². The normalized spacial score (nSPS) is 12.0. The van der Waals surface area contributed by atoms with Gasteiger partial charge in [-0.25, -0.2) is 0 Å². The van der Waals surface area contributed by atoms with E-state index in [4.69, 9.17) is 4.74 Å². The summed E-state index contributed by atoms with van der Waals surface area (Å²) in [5, 5.41) is 2.93. The van der Waals surface area contributed by atoms with Gasteiger partial charge in [0.25, 0.3) is 5.91 Å². The van der Waals surface area contributed by atoms with Crippen LogP contribution in [0.5, 0.6) is 5.75 Å². The summed E-state index contributed by atoms with van der Waals surface area (Å²) in [5.74, 6) is 1.04. The fourth-order valence-electron chi connectivity index (χ4n) is 3.22. The molecule has 0 unspecified atom stereocenters. The van der Waals surface area contributed by atoms with Gasteiger partial charge in [0.1, 0.15) is 11.8 Å². The number of carbonyl (C=O) groups excluding carboxylic acids is 2. The Balaban J connectivity index is 2.11. The predicted octanol–water partition coefficient (Wildman–Crippen LogP) is 4.69. The fraction of sp³-hybridized carbons (Fsp3) is 0.462. The molecule has 0 saturated heterocycles. The van der Waals surface area contributed by atoms with Gasteiger partial charge in [0.05, 0.1) is 0 Å². The van der Waals surface area contributed by atoms with Crippen molar-refractivity contribution in [1.29, 1.82) is 0 Å². The van der Waals surface area contributed by atoms with Crippen LogP contribution in [0.15, 0.2) is 48.5 Å². The van der Waals surface area contributed by atoms with Gasteiger partial charge in [-0.15, -0.1) is 0 Å². The standard InChI is InChI=1S/C26H36N2O3/c1-18(2)15-27-26(30)21(6)28(16-22-9-7-8-20(5)14-22)25(29)17-31-24-12-10-23(11-13-24)19(3)4/h7-14,18-19,21H,15-17H2,1-6H3,(H,27,30)/t21-/m1/s1. The second kappa shape index (κ2) is 11.5. The van der Waals surface area contributed by atoms with E-state index in [9.17, 15) is 9.59 Å². The first-order valence-corrected chi connectivity index (χ1v) is 11.0. The number of hydrogen-bond acceptors (Lipinski definition) is 3. The summed E-state index contributed by atoms with van der Waals surface area (Å²) in [6.45, 7) is 12.9. The molecule has 0 heterocycles. The first-order valence-electron chi connectivity index (χ1n) is 11.0. The number of rotatable bonds is 10. The second-order valence-corrected chi connectivity index (χ2v) is 8.84. The van der Waals surface area contributed by atoms with Crippen molar-refractivity contribution in [3.8, 4) is 5.75 Å². The maximum absolute atomic E-state index is 13.1. The van der Waals surface area contributed by atoms with Crippen molar-refractivity contribution in [2.24, 2.45) is 5.92 Å². The van der Waals surface area contributed by atoms with Crippen molar-refractivity contribution in [2.45, 2.75) is 60.0 Å². The van der Waals surface area contributed by atoms with E-state index in [0.717, 1.165) is 11.1 Å². The highest BCUT2D eigenvalue weighted by atomic mass is 16.5. The Morgan fingerprint density at radius 2 is 1.68 bits per heavy atom. The van der Waals surface area contributed by atoms with Crippen molar-refractivity contribution in [2.75, 3.05) is 13.2 Å². The number of amides is 2. The smallest absolute Gasteiger partial charge is 0.261 e. The number of hydrogen-bond donors (Lipinski definition) is 1. The zero-order valence-corrected chi connectivity index (χ0v) is 19.6. The molecule has 2 aromatic rings. The Hall–Kier alpha value is -2.82. The van der Waals surface area contributed by atoms with Crippen LogP contribution >= 0.6 is 0 Å². The average Bonchev–Trinajstić information content (AvgIpc) is 2.74. The summed E-state index contributed by atoms with van der Waals surface area (Å²) in [4.78, 5) is 27.4. The molecule has 1 N–H and O–H groups in total. The molecule has 0 radical (unpaired) electrons. The van der Waals surface area contributed by atoms with Gasteiger partial charge in [0.15, 0.2) is 6.61 Å². The lowest BCUT2D eigenvalue weighted by Gasteiger charge is -2.29. The molecule has 1 atom stereocenters. The summed E-state index contributed by atoms with van der Waals surface area (Å²) >= 11 is 0. The molecule has 0 aliphatic rings. The monoisotopic (exact) mass is 424 g/mol. The molecule has 2 aromatic carbocycles. The minimum absolute atomic E-state index is 0.116. The Kier molecular flexibility index (Phi) is 9.10. The minimum Gasteiger partial charge on any atom is -0.484 e. The third-order valence-electron chi connectivity index (χ3n) is 5.20. The minimum atomic E-state index is -0.598. The molecule has 0 aliphatic carbocycles. The number of carbonyl (C=O) groups is 2. The Labute approximate surface area is 186 Å². The first-order chi connectivity index (χ1) is 14.7. The molecule has 0 bridgehead atoms. The lowest BCUT2D eigenvalue weighted by molar-refractivity contribution is -0.142. The molecule has 5 heteroatoms. The molecule has 0 aromatic heterocycles. The van der Waals surface area contributed by atoms with Gasteiger partial charge < -0.3 is 15.0 Å². The van der Waals surface area contributed by atoms with Crippen molar-refractivity contribution >= 4 is 11.8 Å². The Bertz CT molecular complexity index is 859. The zero-order valence-electron chi connectivity index (χ0n) is 19.6. The topological polar surface area (TPSA) is 58.6 Å². The molecule has 2 rings (SSSR count). The molecular formula is C26H36N2O3. The lowest BCUT2D eigenvalue weighted by Crippen LogP contribution is -2.49. The van der Waals surface area contributed by atoms with E-state index < -0.39 is 6.04 Å². The van der Waals surface area contributed by atoms with Crippen molar-refractivity contribution < 1.29 is 14.3 Å². The molecule has 0 spiro atoms. The summed E-state index contributed by atoms with van der Waals surface area (Å²) in [5.41, 5.74) is 3.32. The molecule has 0 fully saturated rings. The van der Waals surface area contributed by atoms with Crippen LogP contribution in [0.2, 0.25) is 0 Å². The largest absolute Gasteiger partial charge is 0.484 e. The maximum Gasteiger partial charge on any atom is 0.261 e. The van der Waals surface area contributed by atoms with Gasteiger partial charge in [0.2, 0.25) is 5.91 Å². The molecule has 0 saturated carbocycles. The highest BCUT2D eigenvalue weighted by Crippen LogP contribution is 2.19. The van der Waals surface area contributed by atoms with E-state index in [-0.39, 0.29) is 18.4 Å². The van der Waals surface area contributed by atoms with Crippen LogP contribution in [0, 0.1) is 12.8 Å². The van der Waals surface area contributed by atoms with E-state index in [0.29, 0.717) is 30.7 Å². The molecular weight excluding hydrogens is 388 g/mol. The van der Waals surface area contributed by atoms with Crippen LogP contribution in [0.25, 0.3) is 0 Å². The van der Waals surface area contributed by atoms with E-state index in [1.165, 1.54) is 5.56 Å². The SMILES string of the molecule is Cc1cccc(CN(C(=O)COc2ccc(C(C)C)cc2)[C@H](C)C(=O)NCC(C)C)c1. The number of benzene rings is 2. The van der Waals surface area contributed by atoms with Gasteiger partial charge in [-0.3, -0.25) is 9.59 Å². The highest BCUT2D eigenvalue weighted by Gasteiger charge is 2.26. The molecule has 168 valence electrons. The Morgan fingerprint density at radius 1 is 1.00 bits per heavy atom. The second-order valence-electron chi connectivity index (χ2n) is 8.84. The number of nitrogens with zero attached hydrogens (tertiary/aromatic N) is 1. The van der Waals surface area contributed by atoms with Gasteiger partial charge in [-0.1, -0.05) is 69.7 Å². The van der Waals surface area contributed by atoms with Crippen molar-refractivity contribution in [1.82, 2.24) is 10.2 Å². The van der Waals surface area contributed by atoms with Crippen LogP contribution in [-0.4, -0.2) is 35.9 Å². The Morgan fingerprint density at radius 3 is 2.26 bits per heavy atom. The molecule has 5 nitrogen and oxygen atoms in total. The number of aryl methyl sites for hydroxylation is 1. The van der Waals surface area contributed by atoms with Crippen LogP contribution < -0.4 is 10.1 Å². The molecule has 0 aliphatic heterocycles. The predicted molar refractivity (Wildman–Crippen MR) is 125 cm³/mol. The van der Waals surface area contributed by atoms with Gasteiger partial charge >= 0.3 is 0 Å². The highest BCUT2D eigenvalue weighted by molar-refractivity contribution is 5.87. The van der Waals surface area contributed by atoms with Crippen LogP contribution in [0.4, 0.5) is 0 Å². The van der Waals surface area contributed by atoms with Gasteiger partial charge in [0, 0.05) is 13.1 Å². The molecule has 31 heavy (non-hydrogen) atoms. The van der Waals surface area contributed by atoms with E-state index in [2.05, 4.69) is 19.2 Å². The van der Waals surface area contributed by atoms with E-state index >= 15 is 0 Å². The third-order valence-corrected chi connectivity index (χ3v) is 5.20.